The van der Waals surface area contributed by atoms with E-state index in [9.17, 15) is 0 Å². The first-order valence-corrected chi connectivity index (χ1v) is 17.9. The van der Waals surface area contributed by atoms with Gasteiger partial charge in [0.1, 0.15) is 0 Å². The Morgan fingerprint density at radius 3 is 1.88 bits per heavy atom. The summed E-state index contributed by atoms with van der Waals surface area (Å²) in [6, 6.07) is 61.5. The average Bonchev–Trinajstić information content (AvgIpc) is 3.81. The van der Waals surface area contributed by atoms with Crippen LogP contribution < -0.4 is 0 Å². The number of hydrogen-bond donors (Lipinski definition) is 0. The van der Waals surface area contributed by atoms with E-state index in [1.54, 1.807) is 0 Å². The Labute approximate surface area is 294 Å². The molecule has 232 valence electrons. The van der Waals surface area contributed by atoms with Crippen LogP contribution in [0.3, 0.4) is 0 Å². The van der Waals surface area contributed by atoms with Gasteiger partial charge in [0.15, 0.2) is 5.82 Å². The van der Waals surface area contributed by atoms with Gasteiger partial charge in [0, 0.05) is 37.2 Å². The van der Waals surface area contributed by atoms with Crippen molar-refractivity contribution < 1.29 is 0 Å². The fourth-order valence-corrected chi connectivity index (χ4v) is 10.0. The van der Waals surface area contributed by atoms with Crippen LogP contribution in [0.2, 0.25) is 0 Å². The summed E-state index contributed by atoms with van der Waals surface area (Å²) in [5, 5.41) is 3.71. The van der Waals surface area contributed by atoms with Crippen molar-refractivity contribution in [1.82, 2.24) is 9.97 Å². The molecular formula is C47H28N2S. The number of hydrogen-bond acceptors (Lipinski definition) is 3. The molecule has 0 saturated carbocycles. The van der Waals surface area contributed by atoms with E-state index in [4.69, 9.17) is 9.97 Å². The zero-order valence-corrected chi connectivity index (χ0v) is 27.8. The first kappa shape index (κ1) is 27.8. The molecule has 0 unspecified atom stereocenters. The summed E-state index contributed by atoms with van der Waals surface area (Å²) < 4.78 is 1.31. The zero-order valence-electron chi connectivity index (χ0n) is 27.0. The lowest BCUT2D eigenvalue weighted by molar-refractivity contribution is 0.812. The molecule has 0 saturated heterocycles. The highest BCUT2D eigenvalue weighted by molar-refractivity contribution is 7.20. The summed E-state index contributed by atoms with van der Waals surface area (Å²) in [5.41, 5.74) is 13.9. The topological polar surface area (TPSA) is 25.8 Å². The molecule has 0 radical (unpaired) electrons. The van der Waals surface area contributed by atoms with E-state index in [0.29, 0.717) is 0 Å². The Bertz CT molecular complexity index is 2780. The fraction of sp³-hybridized carbons (Fsp3) is 0.0213. The Hall–Kier alpha value is -6.16. The molecule has 2 aliphatic carbocycles. The van der Waals surface area contributed by atoms with Gasteiger partial charge in [0.05, 0.1) is 16.8 Å². The van der Waals surface area contributed by atoms with Crippen molar-refractivity contribution in [3.63, 3.8) is 0 Å². The van der Waals surface area contributed by atoms with Crippen molar-refractivity contribution >= 4 is 32.2 Å². The van der Waals surface area contributed by atoms with Crippen molar-refractivity contribution in [3.05, 3.63) is 191 Å². The monoisotopic (exact) mass is 652 g/mol. The van der Waals surface area contributed by atoms with Gasteiger partial charge in [0.2, 0.25) is 0 Å². The van der Waals surface area contributed by atoms with E-state index in [-0.39, 0.29) is 0 Å². The predicted octanol–water partition coefficient (Wildman–Crippen LogP) is 12.2. The van der Waals surface area contributed by atoms with E-state index in [0.717, 1.165) is 33.9 Å². The van der Waals surface area contributed by atoms with Crippen molar-refractivity contribution in [2.45, 2.75) is 5.41 Å². The second-order valence-electron chi connectivity index (χ2n) is 13.3. The molecule has 7 aromatic carbocycles. The van der Waals surface area contributed by atoms with Gasteiger partial charge >= 0.3 is 0 Å². The lowest BCUT2D eigenvalue weighted by Gasteiger charge is -2.29. The molecule has 0 N–H and O–H groups in total. The molecule has 2 heterocycles. The van der Waals surface area contributed by atoms with Crippen molar-refractivity contribution in [2.75, 3.05) is 0 Å². The standard InChI is InChI=1S/C47H28N2S/c1-2-14-30(15-3-1)46-48-40(32-26-25-29-13-4-5-16-31(29)27-32)28-41(49-46)35-20-12-23-39-43(35)44-36-19-8-11-24-42(36)50-45(44)47(39)37-21-9-6-17-33(37)34-18-7-10-22-38(34)47/h1-28H. The predicted molar refractivity (Wildman–Crippen MR) is 208 cm³/mol. The van der Waals surface area contributed by atoms with E-state index in [1.165, 1.54) is 64.7 Å². The third-order valence-electron chi connectivity index (χ3n) is 10.7. The van der Waals surface area contributed by atoms with Gasteiger partial charge in [-0.1, -0.05) is 152 Å². The van der Waals surface area contributed by atoms with Crippen LogP contribution in [0.5, 0.6) is 0 Å². The van der Waals surface area contributed by atoms with Crippen LogP contribution >= 0.6 is 11.3 Å². The maximum atomic E-state index is 5.37. The zero-order chi connectivity index (χ0) is 32.8. The molecule has 11 rings (SSSR count). The smallest absolute Gasteiger partial charge is 0.160 e. The van der Waals surface area contributed by atoms with E-state index in [1.807, 2.05) is 17.4 Å². The second kappa shape index (κ2) is 10.4. The van der Waals surface area contributed by atoms with E-state index in [2.05, 4.69) is 164 Å². The third-order valence-corrected chi connectivity index (χ3v) is 12.0. The van der Waals surface area contributed by atoms with Gasteiger partial charge in [-0.15, -0.1) is 11.3 Å². The lowest BCUT2D eigenvalue weighted by atomic mass is 9.73. The van der Waals surface area contributed by atoms with Crippen LogP contribution in [0.15, 0.2) is 170 Å². The maximum absolute atomic E-state index is 5.37. The second-order valence-corrected chi connectivity index (χ2v) is 14.3. The SMILES string of the molecule is c1ccc(-c2nc(-c3ccc4ccccc4c3)cc(-c3cccc4c3-c3c(sc5ccccc35)C43c4ccccc4-c4ccccc43)n2)cc1. The molecule has 2 nitrogen and oxygen atoms in total. The van der Waals surface area contributed by atoms with Gasteiger partial charge in [0.25, 0.3) is 0 Å². The molecule has 0 atom stereocenters. The normalized spacial score (nSPS) is 13.4. The number of rotatable bonds is 3. The average molecular weight is 653 g/mol. The Morgan fingerprint density at radius 2 is 1.06 bits per heavy atom. The maximum Gasteiger partial charge on any atom is 0.160 e. The van der Waals surface area contributed by atoms with Crippen LogP contribution in [-0.2, 0) is 5.41 Å². The van der Waals surface area contributed by atoms with Crippen molar-refractivity contribution in [2.24, 2.45) is 0 Å². The van der Waals surface area contributed by atoms with Gasteiger partial charge < -0.3 is 0 Å². The number of fused-ring (bicyclic) bond motifs is 13. The number of aromatic nitrogens is 2. The minimum atomic E-state index is -0.409. The summed E-state index contributed by atoms with van der Waals surface area (Å²) in [6.45, 7) is 0. The molecular weight excluding hydrogens is 625 g/mol. The first-order chi connectivity index (χ1) is 24.8. The number of benzene rings is 7. The molecule has 2 aromatic heterocycles. The van der Waals surface area contributed by atoms with Gasteiger partial charge in [-0.3, -0.25) is 0 Å². The summed E-state index contributed by atoms with van der Waals surface area (Å²) in [5.74, 6) is 0.725. The summed E-state index contributed by atoms with van der Waals surface area (Å²) in [6.07, 6.45) is 0. The highest BCUT2D eigenvalue weighted by Gasteiger charge is 2.53. The van der Waals surface area contributed by atoms with Crippen LogP contribution in [0.4, 0.5) is 0 Å². The number of nitrogens with zero attached hydrogens (tertiary/aromatic N) is 2. The molecule has 2 aliphatic rings. The van der Waals surface area contributed by atoms with Gasteiger partial charge in [-0.2, -0.15) is 0 Å². The van der Waals surface area contributed by atoms with Gasteiger partial charge in [-0.05, 0) is 62.4 Å². The Balaban J connectivity index is 1.24. The number of thiophene rings is 1. The van der Waals surface area contributed by atoms with Crippen LogP contribution in [0.1, 0.15) is 21.6 Å². The van der Waals surface area contributed by atoms with E-state index >= 15 is 0 Å². The molecule has 1 spiro atoms. The molecule has 0 fully saturated rings. The quantitative estimate of drug-likeness (QED) is 0.190. The lowest BCUT2D eigenvalue weighted by Crippen LogP contribution is -2.24. The molecule has 0 aliphatic heterocycles. The van der Waals surface area contributed by atoms with Crippen LogP contribution in [-0.4, -0.2) is 9.97 Å². The van der Waals surface area contributed by atoms with Crippen LogP contribution in [0, 0.1) is 0 Å². The van der Waals surface area contributed by atoms with Crippen LogP contribution in [0.25, 0.3) is 77.0 Å². The highest BCUT2D eigenvalue weighted by atomic mass is 32.1. The Morgan fingerprint density at radius 1 is 0.420 bits per heavy atom. The molecule has 0 amide bonds. The summed E-state index contributed by atoms with van der Waals surface area (Å²) in [7, 11) is 0. The minimum absolute atomic E-state index is 0.409. The summed E-state index contributed by atoms with van der Waals surface area (Å²) in [4.78, 5) is 12.0. The molecule has 9 aromatic rings. The molecule has 0 bridgehead atoms. The van der Waals surface area contributed by atoms with Crippen molar-refractivity contribution in [1.29, 1.82) is 0 Å². The largest absolute Gasteiger partial charge is 0.228 e. The third kappa shape index (κ3) is 3.73. The minimum Gasteiger partial charge on any atom is -0.228 e. The Kier molecular flexibility index (Phi) is 5.78. The summed E-state index contributed by atoms with van der Waals surface area (Å²) >= 11 is 1.94. The van der Waals surface area contributed by atoms with E-state index < -0.39 is 5.41 Å². The first-order valence-electron chi connectivity index (χ1n) is 17.1. The highest BCUT2D eigenvalue weighted by Crippen LogP contribution is 2.67. The molecule has 50 heavy (non-hydrogen) atoms. The van der Waals surface area contributed by atoms with Gasteiger partial charge in [-0.25, -0.2) is 9.97 Å². The van der Waals surface area contributed by atoms with Crippen molar-refractivity contribution in [3.8, 4) is 56.2 Å². The molecule has 3 heteroatoms. The fourth-order valence-electron chi connectivity index (χ4n) is 8.60.